The number of hydrogen-bond donors (Lipinski definition) is 0. The third kappa shape index (κ3) is 5.15. The third-order valence-electron chi connectivity index (χ3n) is 13.4. The van der Waals surface area contributed by atoms with Gasteiger partial charge in [0.1, 0.15) is 0 Å². The zero-order chi connectivity index (χ0) is 43.6. The molecule has 8 aromatic heterocycles. The van der Waals surface area contributed by atoms with E-state index in [0.717, 1.165) is 104 Å². The SMILES string of the molecule is O=c1c2cc(-c3ccc(-c4cc(-c5ccc6c7ccccc7c(=O)n7c8ccccc8c5c67)cc(-c5ccccn5)n4)nc3)ccc2c2nccc3c4cc(-c5ccccc5)ccc4n1c32. The summed E-state index contributed by atoms with van der Waals surface area (Å²) < 4.78 is 3.70. The molecule has 14 aromatic rings. The Hall–Kier alpha value is -9.14. The topological polar surface area (TPSA) is 94.5 Å². The van der Waals surface area contributed by atoms with E-state index in [1.807, 2.05) is 143 Å². The standard InChI is InChI=1S/C58H32N6O2/c65-57-43-13-5-4-12-39(43)41-22-21-38(53-44-14-6-7-16-51(44)63(57)55(41)53)37-30-49(47-15-8-9-26-59-47)62-50(31-37)48-23-18-36(32-61-48)35-17-20-40-46(29-35)58(66)64-52-24-19-34(33-10-2-1-3-11-33)28-45(52)42-25-27-60-54(40)56(42)64/h1-32H. The fraction of sp³-hybridized carbons (Fsp3) is 0. The summed E-state index contributed by atoms with van der Waals surface area (Å²) in [4.78, 5) is 48.5. The molecule has 0 fully saturated rings. The van der Waals surface area contributed by atoms with Crippen molar-refractivity contribution in [1.82, 2.24) is 28.7 Å². The summed E-state index contributed by atoms with van der Waals surface area (Å²) in [7, 11) is 0. The minimum absolute atomic E-state index is 0.0340. The van der Waals surface area contributed by atoms with Gasteiger partial charge in [0.2, 0.25) is 0 Å². The number of para-hydroxylation sites is 1. The Balaban J connectivity index is 0.913. The normalized spacial score (nSPS) is 12.1. The van der Waals surface area contributed by atoms with E-state index in [2.05, 4.69) is 54.6 Å². The molecule has 0 radical (unpaired) electrons. The number of benzene rings is 6. The van der Waals surface area contributed by atoms with Gasteiger partial charge < -0.3 is 0 Å². The number of pyridine rings is 6. The Morgan fingerprint density at radius 3 is 1.82 bits per heavy atom. The van der Waals surface area contributed by atoms with Crippen LogP contribution in [-0.4, -0.2) is 28.7 Å². The second kappa shape index (κ2) is 13.7. The van der Waals surface area contributed by atoms with Crippen molar-refractivity contribution < 1.29 is 0 Å². The molecule has 8 heterocycles. The Bertz CT molecular complexity index is 4430. The summed E-state index contributed by atoms with van der Waals surface area (Å²) in [5, 5.41) is 8.07. The van der Waals surface area contributed by atoms with Crippen molar-refractivity contribution in [3.8, 4) is 56.2 Å². The summed E-state index contributed by atoms with van der Waals surface area (Å²) in [6.07, 6.45) is 5.45. The van der Waals surface area contributed by atoms with Crippen LogP contribution in [0.4, 0.5) is 0 Å². The van der Waals surface area contributed by atoms with Crippen molar-refractivity contribution in [2.75, 3.05) is 0 Å². The van der Waals surface area contributed by atoms with Crippen molar-refractivity contribution in [1.29, 1.82) is 0 Å². The summed E-state index contributed by atoms with van der Waals surface area (Å²) in [6.45, 7) is 0. The summed E-state index contributed by atoms with van der Waals surface area (Å²) in [5.74, 6) is 0. The number of aromatic nitrogens is 6. The third-order valence-corrected chi connectivity index (χ3v) is 13.4. The fourth-order valence-electron chi connectivity index (χ4n) is 10.4. The van der Waals surface area contributed by atoms with Crippen LogP contribution in [0.1, 0.15) is 0 Å². The lowest BCUT2D eigenvalue weighted by molar-refractivity contribution is 1.20. The van der Waals surface area contributed by atoms with Gasteiger partial charge in [0, 0.05) is 61.9 Å². The lowest BCUT2D eigenvalue weighted by atomic mass is 9.95. The molecule has 0 unspecified atom stereocenters. The van der Waals surface area contributed by atoms with E-state index in [1.165, 1.54) is 0 Å². The minimum atomic E-state index is -0.0859. The highest BCUT2D eigenvalue weighted by Gasteiger charge is 2.23. The van der Waals surface area contributed by atoms with Gasteiger partial charge in [0.15, 0.2) is 0 Å². The van der Waals surface area contributed by atoms with E-state index >= 15 is 0 Å². The number of nitrogens with zero attached hydrogens (tertiary/aromatic N) is 6. The molecular formula is C58H32N6O2. The maximum Gasteiger partial charge on any atom is 0.263 e. The van der Waals surface area contributed by atoms with Crippen molar-refractivity contribution in [2.45, 2.75) is 0 Å². The second-order valence-corrected chi connectivity index (χ2v) is 16.9. The summed E-state index contributed by atoms with van der Waals surface area (Å²) >= 11 is 0. The van der Waals surface area contributed by atoms with E-state index in [0.29, 0.717) is 27.9 Å². The first-order valence-electron chi connectivity index (χ1n) is 21.9. The van der Waals surface area contributed by atoms with Crippen LogP contribution in [0.3, 0.4) is 0 Å². The maximum atomic E-state index is 14.6. The lowest BCUT2D eigenvalue weighted by Crippen LogP contribution is -2.13. The lowest BCUT2D eigenvalue weighted by Gasteiger charge is -2.13. The molecule has 0 atom stereocenters. The van der Waals surface area contributed by atoms with Crippen LogP contribution in [0.15, 0.2) is 204 Å². The van der Waals surface area contributed by atoms with E-state index in [4.69, 9.17) is 19.9 Å². The van der Waals surface area contributed by atoms with Crippen molar-refractivity contribution in [3.05, 3.63) is 215 Å². The average Bonchev–Trinajstić information content (AvgIpc) is 3.92. The van der Waals surface area contributed by atoms with E-state index in [1.54, 1.807) is 6.20 Å². The number of rotatable bonds is 5. The largest absolute Gasteiger partial charge is 0.275 e. The zero-order valence-electron chi connectivity index (χ0n) is 35.0. The highest BCUT2D eigenvalue weighted by molar-refractivity contribution is 6.24. The van der Waals surface area contributed by atoms with Gasteiger partial charge in [0.05, 0.1) is 55.7 Å². The Morgan fingerprint density at radius 2 is 1.00 bits per heavy atom. The van der Waals surface area contributed by atoms with Crippen LogP contribution in [0.25, 0.3) is 132 Å². The molecule has 0 spiro atoms. The smallest absolute Gasteiger partial charge is 0.263 e. The fourth-order valence-corrected chi connectivity index (χ4v) is 10.4. The molecule has 8 nitrogen and oxygen atoms in total. The zero-order valence-corrected chi connectivity index (χ0v) is 35.0. The highest BCUT2D eigenvalue weighted by Crippen LogP contribution is 2.42. The molecule has 14 rings (SSSR count). The Morgan fingerprint density at radius 1 is 0.348 bits per heavy atom. The van der Waals surface area contributed by atoms with Crippen LogP contribution >= 0.6 is 0 Å². The average molecular weight is 845 g/mol. The molecular weight excluding hydrogens is 813 g/mol. The van der Waals surface area contributed by atoms with Gasteiger partial charge in [-0.05, 0) is 99.9 Å². The Labute approximate surface area is 374 Å². The predicted octanol–water partition coefficient (Wildman–Crippen LogP) is 12.6. The molecule has 0 aliphatic carbocycles. The van der Waals surface area contributed by atoms with Gasteiger partial charge in [-0.1, -0.05) is 109 Å². The van der Waals surface area contributed by atoms with Gasteiger partial charge in [-0.25, -0.2) is 4.98 Å². The maximum absolute atomic E-state index is 14.6. The van der Waals surface area contributed by atoms with Crippen molar-refractivity contribution in [3.63, 3.8) is 0 Å². The summed E-state index contributed by atoms with van der Waals surface area (Å²) in [6, 6.07) is 58.8. The number of fused-ring (bicyclic) bond motifs is 10. The molecule has 6 aromatic carbocycles. The minimum Gasteiger partial charge on any atom is -0.275 e. The molecule has 0 aliphatic rings. The molecule has 0 amide bonds. The first-order valence-corrected chi connectivity index (χ1v) is 21.9. The molecule has 306 valence electrons. The molecule has 8 heteroatoms. The van der Waals surface area contributed by atoms with E-state index in [-0.39, 0.29) is 11.1 Å². The molecule has 0 bridgehead atoms. The summed E-state index contributed by atoms with van der Waals surface area (Å²) in [5.41, 5.74) is 12.8. The molecule has 0 N–H and O–H groups in total. The first-order chi connectivity index (χ1) is 32.6. The molecule has 66 heavy (non-hydrogen) atoms. The highest BCUT2D eigenvalue weighted by atomic mass is 16.1. The van der Waals surface area contributed by atoms with Crippen molar-refractivity contribution >= 4 is 76.1 Å². The Kier molecular flexibility index (Phi) is 7.53. The van der Waals surface area contributed by atoms with Crippen LogP contribution < -0.4 is 11.1 Å². The monoisotopic (exact) mass is 844 g/mol. The van der Waals surface area contributed by atoms with E-state index in [9.17, 15) is 9.59 Å². The number of hydrogen-bond acceptors (Lipinski definition) is 6. The quantitative estimate of drug-likeness (QED) is 0.160. The van der Waals surface area contributed by atoms with Crippen LogP contribution in [0, 0.1) is 0 Å². The first kappa shape index (κ1) is 36.4. The van der Waals surface area contributed by atoms with Crippen molar-refractivity contribution in [2.24, 2.45) is 0 Å². The van der Waals surface area contributed by atoms with Gasteiger partial charge in [0.25, 0.3) is 11.1 Å². The van der Waals surface area contributed by atoms with E-state index < -0.39 is 0 Å². The van der Waals surface area contributed by atoms with Gasteiger partial charge >= 0.3 is 0 Å². The second-order valence-electron chi connectivity index (χ2n) is 16.9. The predicted molar refractivity (Wildman–Crippen MR) is 267 cm³/mol. The van der Waals surface area contributed by atoms with Crippen LogP contribution in [-0.2, 0) is 0 Å². The van der Waals surface area contributed by atoms with Gasteiger partial charge in [-0.15, -0.1) is 0 Å². The molecule has 0 saturated heterocycles. The van der Waals surface area contributed by atoms with Crippen LogP contribution in [0.2, 0.25) is 0 Å². The van der Waals surface area contributed by atoms with Crippen LogP contribution in [0.5, 0.6) is 0 Å². The molecule has 0 aliphatic heterocycles. The van der Waals surface area contributed by atoms with Gasteiger partial charge in [-0.2, -0.15) is 0 Å². The molecule has 0 saturated carbocycles. The van der Waals surface area contributed by atoms with Gasteiger partial charge in [-0.3, -0.25) is 33.3 Å².